The van der Waals surface area contributed by atoms with Crippen LogP contribution in [0.3, 0.4) is 0 Å². The summed E-state index contributed by atoms with van der Waals surface area (Å²) in [7, 11) is -3.20. The number of likely N-dealkylation sites (tertiary alicyclic amines) is 1. The molecule has 12 heteroatoms. The van der Waals surface area contributed by atoms with Crippen molar-refractivity contribution in [2.24, 2.45) is 0 Å². The van der Waals surface area contributed by atoms with Crippen LogP contribution in [0.1, 0.15) is 37.9 Å². The summed E-state index contributed by atoms with van der Waals surface area (Å²) in [6.07, 6.45) is 9.42. The third kappa shape index (κ3) is 7.51. The molecule has 1 aliphatic rings. The Labute approximate surface area is 203 Å². The number of amides is 1. The van der Waals surface area contributed by atoms with Gasteiger partial charge in [0, 0.05) is 44.3 Å². The monoisotopic (exact) mass is 506 g/mol. The highest BCUT2D eigenvalue weighted by atomic mass is 32.2. The summed E-state index contributed by atoms with van der Waals surface area (Å²) >= 11 is 0. The Bertz CT molecular complexity index is 1210. The van der Waals surface area contributed by atoms with Gasteiger partial charge in [-0.15, -0.1) is 6.42 Å². The molecular formula is C23H27FN4O6S. The zero-order chi connectivity index (χ0) is 25.6. The van der Waals surface area contributed by atoms with Crippen molar-refractivity contribution < 1.29 is 31.8 Å². The van der Waals surface area contributed by atoms with E-state index in [1.807, 2.05) is 0 Å². The zero-order valence-corrected chi connectivity index (χ0v) is 20.5. The molecule has 1 fully saturated rings. The Balaban J connectivity index is 1.67. The van der Waals surface area contributed by atoms with Gasteiger partial charge >= 0.3 is 6.09 Å². The van der Waals surface area contributed by atoms with Crippen molar-refractivity contribution in [1.82, 2.24) is 19.9 Å². The molecule has 188 valence electrons. The van der Waals surface area contributed by atoms with Crippen molar-refractivity contribution in [3.63, 3.8) is 0 Å². The second kappa shape index (κ2) is 11.3. The van der Waals surface area contributed by atoms with Gasteiger partial charge in [-0.2, -0.15) is 0 Å². The van der Waals surface area contributed by atoms with Crippen LogP contribution in [-0.2, 0) is 21.0 Å². The molecule has 3 rings (SSSR count). The van der Waals surface area contributed by atoms with Crippen molar-refractivity contribution in [3.8, 4) is 29.9 Å². The second-order valence-corrected chi connectivity index (χ2v) is 10.6. The molecule has 3 heterocycles. The number of aromatic nitrogens is 3. The van der Waals surface area contributed by atoms with Gasteiger partial charge in [0.1, 0.15) is 27.8 Å². The van der Waals surface area contributed by atoms with Crippen LogP contribution in [0.5, 0.6) is 17.5 Å². The third-order valence-corrected chi connectivity index (χ3v) is 5.99. The molecule has 0 unspecified atom stereocenters. The number of carbonyl (C=O) groups is 1. The van der Waals surface area contributed by atoms with Gasteiger partial charge < -0.3 is 19.1 Å². The van der Waals surface area contributed by atoms with E-state index < -0.39 is 15.7 Å². The predicted molar refractivity (Wildman–Crippen MR) is 124 cm³/mol. The van der Waals surface area contributed by atoms with E-state index in [1.165, 1.54) is 6.33 Å². The highest BCUT2D eigenvalue weighted by molar-refractivity contribution is 7.90. The fourth-order valence-corrected chi connectivity index (χ4v) is 3.88. The standard InChI is InChI=1S/C23H27FN4O6S/c1-5-18-21(33-17-6-9-28(10-7-17)23(29)32-15(2)3)26-14-27-22(18)34-20-13-25-16(12-19(20)24)8-11-35(4,30)31/h1,12-15,17H,6-11H2,2-4H3. The van der Waals surface area contributed by atoms with E-state index in [1.54, 1.807) is 18.7 Å². The highest BCUT2D eigenvalue weighted by Gasteiger charge is 2.27. The molecule has 2 aromatic heterocycles. The minimum atomic E-state index is -3.20. The molecule has 0 bridgehead atoms. The maximum Gasteiger partial charge on any atom is 0.410 e. The van der Waals surface area contributed by atoms with Crippen LogP contribution in [0.4, 0.5) is 9.18 Å². The molecule has 1 amide bonds. The quantitative estimate of drug-likeness (QED) is 0.498. The van der Waals surface area contributed by atoms with Crippen LogP contribution in [-0.4, -0.2) is 71.7 Å². The fraction of sp³-hybridized carbons (Fsp3) is 0.478. The predicted octanol–water partition coefficient (Wildman–Crippen LogP) is 2.76. The van der Waals surface area contributed by atoms with Crippen LogP contribution in [0.15, 0.2) is 18.6 Å². The summed E-state index contributed by atoms with van der Waals surface area (Å²) in [5.74, 6) is 1.33. The molecule has 0 radical (unpaired) electrons. The van der Waals surface area contributed by atoms with Gasteiger partial charge in [-0.05, 0) is 19.9 Å². The molecular weight excluding hydrogens is 479 g/mol. The number of hydrogen-bond donors (Lipinski definition) is 0. The normalized spacial score (nSPS) is 14.5. The Morgan fingerprint density at radius 1 is 1.26 bits per heavy atom. The first-order valence-electron chi connectivity index (χ1n) is 11.0. The van der Waals surface area contributed by atoms with Crippen molar-refractivity contribution >= 4 is 15.9 Å². The minimum absolute atomic E-state index is 0.0745. The van der Waals surface area contributed by atoms with Gasteiger partial charge in [0.15, 0.2) is 11.6 Å². The molecule has 0 aromatic carbocycles. The Morgan fingerprint density at radius 2 is 1.94 bits per heavy atom. The molecule has 0 atom stereocenters. The summed E-state index contributed by atoms with van der Waals surface area (Å²) in [5, 5.41) is 0. The first-order chi connectivity index (χ1) is 16.6. The van der Waals surface area contributed by atoms with Crippen LogP contribution < -0.4 is 9.47 Å². The number of rotatable bonds is 8. The maximum absolute atomic E-state index is 14.6. The maximum atomic E-state index is 14.6. The highest BCUT2D eigenvalue weighted by Crippen LogP contribution is 2.30. The number of halogens is 1. The lowest BCUT2D eigenvalue weighted by Gasteiger charge is -2.31. The number of terminal acetylenes is 1. The Kier molecular flexibility index (Phi) is 8.45. The number of piperidine rings is 1. The van der Waals surface area contributed by atoms with E-state index in [2.05, 4.69) is 20.9 Å². The minimum Gasteiger partial charge on any atom is -0.473 e. The summed E-state index contributed by atoms with van der Waals surface area (Å²) < 4.78 is 53.9. The lowest BCUT2D eigenvalue weighted by Crippen LogP contribution is -2.42. The summed E-state index contributed by atoms with van der Waals surface area (Å²) in [6.45, 7) is 4.50. The first-order valence-corrected chi connectivity index (χ1v) is 13.1. The number of aryl methyl sites for hydroxylation is 1. The fourth-order valence-electron chi connectivity index (χ4n) is 3.30. The summed E-state index contributed by atoms with van der Waals surface area (Å²) in [5.41, 5.74) is 0.377. The number of carbonyl (C=O) groups excluding carboxylic acids is 1. The molecule has 2 aromatic rings. The smallest absolute Gasteiger partial charge is 0.410 e. The molecule has 35 heavy (non-hydrogen) atoms. The van der Waals surface area contributed by atoms with Crippen LogP contribution >= 0.6 is 0 Å². The number of sulfone groups is 1. The van der Waals surface area contributed by atoms with Gasteiger partial charge in [0.2, 0.25) is 11.8 Å². The van der Waals surface area contributed by atoms with E-state index in [0.29, 0.717) is 25.9 Å². The van der Waals surface area contributed by atoms with Crippen molar-refractivity contribution in [3.05, 3.63) is 35.7 Å². The number of ether oxygens (including phenoxy) is 3. The molecule has 0 spiro atoms. The Hall–Kier alpha value is -3.46. The molecule has 0 N–H and O–H groups in total. The Morgan fingerprint density at radius 3 is 2.54 bits per heavy atom. The lowest BCUT2D eigenvalue weighted by molar-refractivity contribution is 0.0506. The summed E-state index contributed by atoms with van der Waals surface area (Å²) in [4.78, 5) is 25.8. The van der Waals surface area contributed by atoms with Gasteiger partial charge in [-0.25, -0.2) is 27.6 Å². The van der Waals surface area contributed by atoms with E-state index >= 15 is 0 Å². The van der Waals surface area contributed by atoms with Crippen LogP contribution in [0, 0.1) is 18.2 Å². The average Bonchev–Trinajstić information content (AvgIpc) is 2.79. The largest absolute Gasteiger partial charge is 0.473 e. The molecule has 10 nitrogen and oxygen atoms in total. The van der Waals surface area contributed by atoms with Crippen molar-refractivity contribution in [2.45, 2.75) is 45.3 Å². The van der Waals surface area contributed by atoms with Crippen LogP contribution in [0.2, 0.25) is 0 Å². The average molecular weight is 507 g/mol. The van der Waals surface area contributed by atoms with Crippen LogP contribution in [0.25, 0.3) is 0 Å². The first kappa shape index (κ1) is 26.2. The molecule has 0 aliphatic carbocycles. The zero-order valence-electron chi connectivity index (χ0n) is 19.7. The van der Waals surface area contributed by atoms with Gasteiger partial charge in [0.05, 0.1) is 18.1 Å². The third-order valence-electron chi connectivity index (χ3n) is 5.05. The molecule has 0 saturated carbocycles. The van der Waals surface area contributed by atoms with Crippen molar-refractivity contribution in [1.29, 1.82) is 0 Å². The molecule has 1 saturated heterocycles. The van der Waals surface area contributed by atoms with E-state index in [9.17, 15) is 17.6 Å². The van der Waals surface area contributed by atoms with Gasteiger partial charge in [-0.3, -0.25) is 4.98 Å². The van der Waals surface area contributed by atoms with Gasteiger partial charge in [0.25, 0.3) is 0 Å². The lowest BCUT2D eigenvalue weighted by atomic mass is 10.1. The SMILES string of the molecule is C#Cc1c(Oc2cnc(CCS(C)(=O)=O)cc2F)ncnc1OC1CCN(C(=O)OC(C)C)CC1. The number of hydrogen-bond acceptors (Lipinski definition) is 9. The topological polar surface area (TPSA) is 121 Å². The van der Waals surface area contributed by atoms with E-state index in [4.69, 9.17) is 20.6 Å². The van der Waals surface area contributed by atoms with Gasteiger partial charge in [-0.1, -0.05) is 5.92 Å². The number of pyridine rings is 1. The van der Waals surface area contributed by atoms with E-state index in [-0.39, 0.29) is 59.2 Å². The summed E-state index contributed by atoms with van der Waals surface area (Å²) in [6, 6.07) is 1.10. The number of nitrogens with zero attached hydrogens (tertiary/aromatic N) is 4. The van der Waals surface area contributed by atoms with Crippen molar-refractivity contribution in [2.75, 3.05) is 25.1 Å². The van der Waals surface area contributed by atoms with E-state index in [0.717, 1.165) is 18.5 Å². The second-order valence-electron chi connectivity index (χ2n) is 8.33. The molecule has 1 aliphatic heterocycles.